The first kappa shape index (κ1) is 24.8. The molecule has 0 N–H and O–H groups in total. The van der Waals surface area contributed by atoms with Gasteiger partial charge in [0.1, 0.15) is 5.82 Å². The van der Waals surface area contributed by atoms with Gasteiger partial charge in [-0.25, -0.2) is 17.6 Å². The van der Waals surface area contributed by atoms with Crippen molar-refractivity contribution in [1.82, 2.24) is 8.87 Å². The second-order valence-electron chi connectivity index (χ2n) is 7.93. The molecule has 0 atom stereocenters. The van der Waals surface area contributed by atoms with E-state index in [2.05, 4.69) is 10.9 Å². The zero-order valence-electron chi connectivity index (χ0n) is 18.8. The summed E-state index contributed by atoms with van der Waals surface area (Å²) in [7, 11) is -2.47. The van der Waals surface area contributed by atoms with Crippen molar-refractivity contribution in [2.24, 2.45) is 10.9 Å². The maximum Gasteiger partial charge on any atom is 0.337 e. The number of ether oxygens (including phenoxy) is 1. The predicted molar refractivity (Wildman–Crippen MR) is 128 cm³/mol. The van der Waals surface area contributed by atoms with Crippen LogP contribution in [0.2, 0.25) is 0 Å². The van der Waals surface area contributed by atoms with Crippen molar-refractivity contribution < 1.29 is 27.1 Å². The molecular weight excluding hydrogens is 493 g/mol. The summed E-state index contributed by atoms with van der Waals surface area (Å²) in [4.78, 5) is 29.6. The Kier molecular flexibility index (Phi) is 7.16. The SMILES string of the molecule is C#CCn1c(=NC(=O)C2CCN(S(=O)(=O)c3ccc(F)cc3)CC2)sc2cc(C(=O)OC)ccc21. The molecular formula is C24H22FN3O5S2. The Hall–Kier alpha value is -3.33. The van der Waals surface area contributed by atoms with Crippen LogP contribution in [-0.2, 0) is 26.1 Å². The molecule has 2 heterocycles. The van der Waals surface area contributed by atoms with Gasteiger partial charge < -0.3 is 9.30 Å². The molecule has 11 heteroatoms. The van der Waals surface area contributed by atoms with Crippen LogP contribution in [0, 0.1) is 24.1 Å². The normalized spacial score (nSPS) is 15.7. The van der Waals surface area contributed by atoms with E-state index in [1.165, 1.54) is 34.9 Å². The van der Waals surface area contributed by atoms with Crippen LogP contribution >= 0.6 is 11.3 Å². The number of methoxy groups -OCH3 is 1. The highest BCUT2D eigenvalue weighted by Gasteiger charge is 2.32. The van der Waals surface area contributed by atoms with Gasteiger partial charge in [-0.2, -0.15) is 9.30 Å². The molecule has 0 radical (unpaired) electrons. The van der Waals surface area contributed by atoms with Crippen LogP contribution in [0.15, 0.2) is 52.4 Å². The maximum absolute atomic E-state index is 13.2. The molecule has 8 nitrogen and oxygen atoms in total. The summed E-state index contributed by atoms with van der Waals surface area (Å²) in [6.07, 6.45) is 6.14. The van der Waals surface area contributed by atoms with Crippen molar-refractivity contribution in [2.75, 3.05) is 20.2 Å². The topological polar surface area (TPSA) is 98.0 Å². The van der Waals surface area contributed by atoms with Crippen LogP contribution in [0.5, 0.6) is 0 Å². The lowest BCUT2D eigenvalue weighted by Crippen LogP contribution is -2.40. The molecule has 0 aliphatic carbocycles. The molecule has 0 spiro atoms. The molecule has 0 bridgehead atoms. The number of hydrogen-bond acceptors (Lipinski definition) is 6. The fraction of sp³-hybridized carbons (Fsp3) is 0.292. The van der Waals surface area contributed by atoms with Gasteiger partial charge >= 0.3 is 5.97 Å². The second kappa shape index (κ2) is 10.1. The van der Waals surface area contributed by atoms with Gasteiger partial charge in [0.15, 0.2) is 4.80 Å². The number of carbonyl (C=O) groups is 2. The van der Waals surface area contributed by atoms with E-state index in [1.54, 1.807) is 22.8 Å². The lowest BCUT2D eigenvalue weighted by Gasteiger charge is -2.29. The van der Waals surface area contributed by atoms with Gasteiger partial charge in [-0.1, -0.05) is 17.3 Å². The summed E-state index contributed by atoms with van der Waals surface area (Å²) in [5.41, 5.74) is 1.12. The highest BCUT2D eigenvalue weighted by molar-refractivity contribution is 7.89. The Bertz CT molecular complexity index is 1490. The molecule has 1 saturated heterocycles. The van der Waals surface area contributed by atoms with E-state index in [0.717, 1.165) is 22.3 Å². The first-order valence-corrected chi connectivity index (χ1v) is 13.0. The Labute approximate surface area is 205 Å². The Morgan fingerprint density at radius 2 is 1.89 bits per heavy atom. The number of rotatable bonds is 5. The number of piperidine rings is 1. The minimum absolute atomic E-state index is 0.0142. The van der Waals surface area contributed by atoms with Gasteiger partial charge in [0.05, 0.1) is 34.3 Å². The summed E-state index contributed by atoms with van der Waals surface area (Å²) in [6, 6.07) is 9.69. The number of sulfonamides is 1. The monoisotopic (exact) mass is 515 g/mol. The number of thiazole rings is 1. The summed E-state index contributed by atoms with van der Waals surface area (Å²) < 4.78 is 47.3. The van der Waals surface area contributed by atoms with Gasteiger partial charge in [-0.15, -0.1) is 6.42 Å². The van der Waals surface area contributed by atoms with Crippen molar-refractivity contribution in [1.29, 1.82) is 0 Å². The molecule has 0 unspecified atom stereocenters. The molecule has 1 amide bonds. The standard InChI is InChI=1S/C24H22FN3O5S2/c1-3-12-28-20-9-4-17(23(30)33-2)15-21(20)34-24(28)26-22(29)16-10-13-27(14-11-16)35(31,32)19-7-5-18(25)6-8-19/h1,4-9,15-16H,10-14H2,2H3. The summed E-state index contributed by atoms with van der Waals surface area (Å²) in [5, 5.41) is 0. The number of aromatic nitrogens is 1. The number of benzene rings is 2. The fourth-order valence-electron chi connectivity index (χ4n) is 3.93. The Balaban J connectivity index is 1.55. The van der Waals surface area contributed by atoms with E-state index in [-0.39, 0.29) is 30.4 Å². The van der Waals surface area contributed by atoms with E-state index in [0.29, 0.717) is 23.2 Å². The van der Waals surface area contributed by atoms with Crippen LogP contribution in [0.3, 0.4) is 0 Å². The minimum Gasteiger partial charge on any atom is -0.465 e. The molecule has 2 aromatic carbocycles. The quantitative estimate of drug-likeness (QED) is 0.385. The Morgan fingerprint density at radius 1 is 1.20 bits per heavy atom. The molecule has 1 aromatic heterocycles. The lowest BCUT2D eigenvalue weighted by molar-refractivity contribution is -0.122. The van der Waals surface area contributed by atoms with Crippen molar-refractivity contribution in [2.45, 2.75) is 24.3 Å². The highest BCUT2D eigenvalue weighted by atomic mass is 32.2. The summed E-state index contributed by atoms with van der Waals surface area (Å²) in [6.45, 7) is 0.508. The molecule has 3 aromatic rings. The molecule has 35 heavy (non-hydrogen) atoms. The smallest absolute Gasteiger partial charge is 0.337 e. The van der Waals surface area contributed by atoms with Gasteiger partial charge in [0, 0.05) is 19.0 Å². The zero-order valence-corrected chi connectivity index (χ0v) is 20.4. The van der Waals surface area contributed by atoms with Gasteiger partial charge in [0.2, 0.25) is 10.0 Å². The van der Waals surface area contributed by atoms with Crippen LogP contribution in [0.4, 0.5) is 4.39 Å². The van der Waals surface area contributed by atoms with Crippen molar-refractivity contribution in [3.8, 4) is 12.3 Å². The van der Waals surface area contributed by atoms with Gasteiger partial charge in [0.25, 0.3) is 5.91 Å². The second-order valence-corrected chi connectivity index (χ2v) is 10.9. The van der Waals surface area contributed by atoms with Crippen LogP contribution < -0.4 is 4.80 Å². The lowest BCUT2D eigenvalue weighted by atomic mass is 9.98. The highest BCUT2D eigenvalue weighted by Crippen LogP contribution is 2.25. The van der Waals surface area contributed by atoms with E-state index in [1.807, 2.05) is 0 Å². The largest absolute Gasteiger partial charge is 0.465 e. The summed E-state index contributed by atoms with van der Waals surface area (Å²) >= 11 is 1.24. The van der Waals surface area contributed by atoms with Crippen LogP contribution in [0.25, 0.3) is 10.2 Å². The molecule has 1 fully saturated rings. The average molecular weight is 516 g/mol. The number of fused-ring (bicyclic) bond motifs is 1. The molecule has 4 rings (SSSR count). The van der Waals surface area contributed by atoms with E-state index < -0.39 is 27.7 Å². The average Bonchev–Trinajstić information content (AvgIpc) is 3.20. The maximum atomic E-state index is 13.2. The van der Waals surface area contributed by atoms with Gasteiger partial charge in [-0.3, -0.25) is 4.79 Å². The predicted octanol–water partition coefficient (Wildman–Crippen LogP) is 2.79. The van der Waals surface area contributed by atoms with Crippen molar-refractivity contribution >= 4 is 43.5 Å². The molecule has 1 aliphatic rings. The summed E-state index contributed by atoms with van der Waals surface area (Å²) in [5.74, 6) is 0.777. The zero-order chi connectivity index (χ0) is 25.2. The number of halogens is 1. The molecule has 0 saturated carbocycles. The molecule has 1 aliphatic heterocycles. The number of terminal acetylenes is 1. The van der Waals surface area contributed by atoms with E-state index in [9.17, 15) is 22.4 Å². The van der Waals surface area contributed by atoms with Crippen LogP contribution in [-0.4, -0.2) is 49.4 Å². The first-order valence-electron chi connectivity index (χ1n) is 10.7. The van der Waals surface area contributed by atoms with E-state index >= 15 is 0 Å². The number of hydrogen-bond donors (Lipinski definition) is 0. The number of carbonyl (C=O) groups excluding carboxylic acids is 2. The molecule has 182 valence electrons. The fourth-order valence-corrected chi connectivity index (χ4v) is 6.48. The Morgan fingerprint density at radius 3 is 2.51 bits per heavy atom. The van der Waals surface area contributed by atoms with Crippen molar-refractivity contribution in [3.63, 3.8) is 0 Å². The van der Waals surface area contributed by atoms with Crippen LogP contribution in [0.1, 0.15) is 23.2 Å². The first-order chi connectivity index (χ1) is 16.7. The van der Waals surface area contributed by atoms with Crippen molar-refractivity contribution in [3.05, 3.63) is 58.6 Å². The third kappa shape index (κ3) is 5.05. The third-order valence-corrected chi connectivity index (χ3v) is 8.77. The number of esters is 1. The minimum atomic E-state index is -3.77. The third-order valence-electron chi connectivity index (χ3n) is 5.81. The van der Waals surface area contributed by atoms with Gasteiger partial charge in [-0.05, 0) is 55.3 Å². The number of nitrogens with zero attached hydrogens (tertiary/aromatic N) is 3. The van der Waals surface area contributed by atoms with E-state index in [4.69, 9.17) is 11.2 Å². The number of amides is 1.